The molecule has 0 saturated carbocycles. The number of fused-ring (bicyclic) bond motifs is 1. The highest BCUT2D eigenvalue weighted by Crippen LogP contribution is 2.30. The number of aryl methyl sites for hydroxylation is 1. The second-order valence-electron chi connectivity index (χ2n) is 5.16. The van der Waals surface area contributed by atoms with Gasteiger partial charge >= 0.3 is 0 Å². The third-order valence-electron chi connectivity index (χ3n) is 3.70. The minimum absolute atomic E-state index is 0.0557. The van der Waals surface area contributed by atoms with Gasteiger partial charge in [0.15, 0.2) is 0 Å². The number of hydrogen-bond donors (Lipinski definition) is 1. The number of nitrogens with one attached hydrogen (secondary N) is 1. The number of hydrogen-bond acceptors (Lipinski definition) is 3. The summed E-state index contributed by atoms with van der Waals surface area (Å²) in [7, 11) is 0. The smallest absolute Gasteiger partial charge is 0.134 e. The standard InChI is InChI=1S/C17H21N3O/c1-3-10-20-11-9-19-17(20)16(18-4-2)14-12-21-15-8-6-5-7-13(14)15/h5-9,11-12,16,18H,3-4,10H2,1-2H3. The Morgan fingerprint density at radius 1 is 1.29 bits per heavy atom. The number of nitrogens with zero attached hydrogens (tertiary/aromatic N) is 2. The fraction of sp³-hybridized carbons (Fsp3) is 0.353. The second-order valence-corrected chi connectivity index (χ2v) is 5.16. The lowest BCUT2D eigenvalue weighted by Gasteiger charge is -2.18. The van der Waals surface area contributed by atoms with Crippen molar-refractivity contribution < 1.29 is 4.42 Å². The molecule has 3 rings (SSSR count). The van der Waals surface area contributed by atoms with E-state index in [0.29, 0.717) is 0 Å². The van der Waals surface area contributed by atoms with Crippen molar-refractivity contribution in [2.75, 3.05) is 6.54 Å². The quantitative estimate of drug-likeness (QED) is 0.749. The van der Waals surface area contributed by atoms with Gasteiger partial charge in [-0.2, -0.15) is 0 Å². The van der Waals surface area contributed by atoms with Crippen molar-refractivity contribution in [2.45, 2.75) is 32.9 Å². The predicted molar refractivity (Wildman–Crippen MR) is 84.3 cm³/mol. The molecule has 3 aromatic rings. The molecule has 2 heterocycles. The minimum Gasteiger partial charge on any atom is -0.464 e. The van der Waals surface area contributed by atoms with Gasteiger partial charge in [0.1, 0.15) is 11.4 Å². The first-order valence-corrected chi connectivity index (χ1v) is 7.55. The number of benzene rings is 1. The molecular formula is C17H21N3O. The number of aromatic nitrogens is 2. The Morgan fingerprint density at radius 3 is 2.95 bits per heavy atom. The maximum Gasteiger partial charge on any atom is 0.134 e. The molecule has 0 spiro atoms. The Kier molecular flexibility index (Phi) is 4.06. The molecule has 21 heavy (non-hydrogen) atoms. The van der Waals surface area contributed by atoms with Gasteiger partial charge in [-0.3, -0.25) is 0 Å². The van der Waals surface area contributed by atoms with E-state index < -0.39 is 0 Å². The van der Waals surface area contributed by atoms with Crippen LogP contribution in [-0.2, 0) is 6.54 Å². The summed E-state index contributed by atoms with van der Waals surface area (Å²) >= 11 is 0. The zero-order valence-electron chi connectivity index (χ0n) is 12.5. The van der Waals surface area contributed by atoms with Crippen LogP contribution in [0.4, 0.5) is 0 Å². The summed E-state index contributed by atoms with van der Waals surface area (Å²) in [5.41, 5.74) is 2.07. The van der Waals surface area contributed by atoms with Crippen molar-refractivity contribution >= 4 is 11.0 Å². The van der Waals surface area contributed by atoms with Gasteiger partial charge in [0.05, 0.1) is 12.3 Å². The van der Waals surface area contributed by atoms with Crippen LogP contribution in [0.25, 0.3) is 11.0 Å². The van der Waals surface area contributed by atoms with Crippen LogP contribution in [0.5, 0.6) is 0 Å². The van der Waals surface area contributed by atoms with E-state index in [2.05, 4.69) is 34.8 Å². The second kappa shape index (κ2) is 6.14. The molecule has 0 aliphatic rings. The average molecular weight is 283 g/mol. The highest BCUT2D eigenvalue weighted by Gasteiger charge is 2.22. The van der Waals surface area contributed by atoms with Gasteiger partial charge in [0.2, 0.25) is 0 Å². The van der Waals surface area contributed by atoms with Crippen molar-refractivity contribution in [3.63, 3.8) is 0 Å². The largest absolute Gasteiger partial charge is 0.464 e. The molecule has 1 N–H and O–H groups in total. The van der Waals surface area contributed by atoms with Crippen LogP contribution in [0.2, 0.25) is 0 Å². The van der Waals surface area contributed by atoms with Crippen molar-refractivity contribution in [3.05, 3.63) is 54.3 Å². The topological polar surface area (TPSA) is 43.0 Å². The van der Waals surface area contributed by atoms with Gasteiger partial charge in [-0.15, -0.1) is 0 Å². The van der Waals surface area contributed by atoms with Crippen LogP contribution in [0, 0.1) is 0 Å². The van der Waals surface area contributed by atoms with Crippen LogP contribution >= 0.6 is 0 Å². The van der Waals surface area contributed by atoms with E-state index in [9.17, 15) is 0 Å². The lowest BCUT2D eigenvalue weighted by molar-refractivity contribution is 0.534. The van der Waals surface area contributed by atoms with E-state index in [0.717, 1.165) is 41.9 Å². The lowest BCUT2D eigenvalue weighted by Crippen LogP contribution is -2.25. The van der Waals surface area contributed by atoms with E-state index in [1.807, 2.05) is 36.9 Å². The minimum atomic E-state index is 0.0557. The van der Waals surface area contributed by atoms with Crippen LogP contribution in [0.3, 0.4) is 0 Å². The normalized spacial score (nSPS) is 12.9. The molecule has 0 saturated heterocycles. The zero-order chi connectivity index (χ0) is 14.7. The van der Waals surface area contributed by atoms with Gasteiger partial charge < -0.3 is 14.3 Å². The molecule has 0 radical (unpaired) electrons. The Bertz CT molecular complexity index is 713. The van der Waals surface area contributed by atoms with Gasteiger partial charge in [-0.1, -0.05) is 32.0 Å². The number of imidazole rings is 1. The SMILES string of the molecule is CCCn1ccnc1C(NCC)c1coc2ccccc12. The molecule has 0 bridgehead atoms. The summed E-state index contributed by atoms with van der Waals surface area (Å²) in [6, 6.07) is 8.20. The third-order valence-corrected chi connectivity index (χ3v) is 3.70. The van der Waals surface area contributed by atoms with Crippen molar-refractivity contribution in [2.24, 2.45) is 0 Å². The van der Waals surface area contributed by atoms with Gasteiger partial charge in [0.25, 0.3) is 0 Å². The van der Waals surface area contributed by atoms with E-state index in [1.54, 1.807) is 0 Å². The molecule has 0 aliphatic carbocycles. The summed E-state index contributed by atoms with van der Waals surface area (Å²) in [6.45, 7) is 6.15. The van der Waals surface area contributed by atoms with Crippen molar-refractivity contribution in [3.8, 4) is 0 Å². The van der Waals surface area contributed by atoms with Crippen LogP contribution < -0.4 is 5.32 Å². The van der Waals surface area contributed by atoms with E-state index in [4.69, 9.17) is 4.42 Å². The van der Waals surface area contributed by atoms with Gasteiger partial charge in [0, 0.05) is 29.9 Å². The first-order chi connectivity index (χ1) is 10.3. The Labute approximate surface area is 124 Å². The van der Waals surface area contributed by atoms with Crippen LogP contribution in [0.15, 0.2) is 47.3 Å². The van der Waals surface area contributed by atoms with Crippen LogP contribution in [0.1, 0.15) is 37.7 Å². The average Bonchev–Trinajstić information content (AvgIpc) is 3.12. The highest BCUT2D eigenvalue weighted by molar-refractivity contribution is 5.81. The lowest BCUT2D eigenvalue weighted by atomic mass is 10.0. The molecule has 4 nitrogen and oxygen atoms in total. The van der Waals surface area contributed by atoms with E-state index >= 15 is 0 Å². The zero-order valence-corrected chi connectivity index (χ0v) is 12.5. The molecule has 0 fully saturated rings. The summed E-state index contributed by atoms with van der Waals surface area (Å²) in [5.74, 6) is 1.05. The summed E-state index contributed by atoms with van der Waals surface area (Å²) < 4.78 is 7.91. The molecule has 1 atom stereocenters. The van der Waals surface area contributed by atoms with E-state index in [-0.39, 0.29) is 6.04 Å². The fourth-order valence-electron chi connectivity index (χ4n) is 2.78. The summed E-state index contributed by atoms with van der Waals surface area (Å²) in [6.07, 6.45) is 6.86. The Morgan fingerprint density at radius 2 is 2.14 bits per heavy atom. The molecule has 2 aromatic heterocycles. The van der Waals surface area contributed by atoms with Crippen LogP contribution in [-0.4, -0.2) is 16.1 Å². The molecule has 1 unspecified atom stereocenters. The molecule has 0 aliphatic heterocycles. The van der Waals surface area contributed by atoms with Gasteiger partial charge in [-0.25, -0.2) is 4.98 Å². The van der Waals surface area contributed by atoms with Gasteiger partial charge in [-0.05, 0) is 19.0 Å². The molecular weight excluding hydrogens is 262 g/mol. The number of para-hydroxylation sites is 1. The molecule has 4 heteroatoms. The first-order valence-electron chi connectivity index (χ1n) is 7.55. The highest BCUT2D eigenvalue weighted by atomic mass is 16.3. The van der Waals surface area contributed by atoms with E-state index in [1.165, 1.54) is 0 Å². The van der Waals surface area contributed by atoms with Crippen molar-refractivity contribution in [1.29, 1.82) is 0 Å². The van der Waals surface area contributed by atoms with Crippen molar-refractivity contribution in [1.82, 2.24) is 14.9 Å². The predicted octanol–water partition coefficient (Wildman–Crippen LogP) is 3.74. The summed E-state index contributed by atoms with van der Waals surface area (Å²) in [4.78, 5) is 4.58. The fourth-order valence-corrected chi connectivity index (χ4v) is 2.78. The Hall–Kier alpha value is -2.07. The summed E-state index contributed by atoms with van der Waals surface area (Å²) in [5, 5.41) is 4.68. The maximum absolute atomic E-state index is 5.70. The Balaban J connectivity index is 2.07. The molecule has 0 amide bonds. The third kappa shape index (κ3) is 2.59. The maximum atomic E-state index is 5.70. The number of furan rings is 1. The molecule has 1 aromatic carbocycles. The monoisotopic (exact) mass is 283 g/mol. The first kappa shape index (κ1) is 13.9. The molecule has 110 valence electrons. The number of rotatable bonds is 6.